The lowest BCUT2D eigenvalue weighted by Gasteiger charge is -2.27. The molecule has 0 amide bonds. The average molecular weight is 213 g/mol. The van der Waals surface area contributed by atoms with Crippen LogP contribution in [-0.2, 0) is 4.74 Å². The number of methoxy groups -OCH3 is 1. The fraction of sp³-hybridized carbons (Fsp3) is 1.00. The molecule has 1 N–H and O–H groups in total. The van der Waals surface area contributed by atoms with Crippen LogP contribution in [0.4, 0.5) is 0 Å². The highest BCUT2D eigenvalue weighted by atomic mass is 16.5. The fourth-order valence-electron chi connectivity index (χ4n) is 2.84. The van der Waals surface area contributed by atoms with Crippen molar-refractivity contribution in [3.8, 4) is 0 Å². The molecule has 1 saturated carbocycles. The van der Waals surface area contributed by atoms with Crippen molar-refractivity contribution in [2.24, 2.45) is 5.41 Å². The van der Waals surface area contributed by atoms with Gasteiger partial charge in [0.15, 0.2) is 0 Å². The van der Waals surface area contributed by atoms with Gasteiger partial charge in [-0.25, -0.2) is 0 Å². The molecule has 0 heterocycles. The number of hydrogen-bond donors (Lipinski definition) is 1. The van der Waals surface area contributed by atoms with Crippen LogP contribution >= 0.6 is 0 Å². The van der Waals surface area contributed by atoms with Crippen molar-refractivity contribution in [1.29, 1.82) is 0 Å². The van der Waals surface area contributed by atoms with Gasteiger partial charge in [0.05, 0.1) is 0 Å². The Bertz CT molecular complexity index is 205. The van der Waals surface area contributed by atoms with Crippen LogP contribution in [0.25, 0.3) is 0 Å². The van der Waals surface area contributed by atoms with E-state index in [2.05, 4.69) is 33.0 Å². The van der Waals surface area contributed by atoms with Crippen molar-refractivity contribution in [2.45, 2.75) is 71.6 Å². The molecule has 2 heteroatoms. The molecule has 15 heavy (non-hydrogen) atoms. The molecule has 0 aromatic rings. The van der Waals surface area contributed by atoms with Crippen LogP contribution in [0.2, 0.25) is 0 Å². The topological polar surface area (TPSA) is 21.3 Å². The lowest BCUT2D eigenvalue weighted by molar-refractivity contribution is 0.00150. The van der Waals surface area contributed by atoms with E-state index in [1.54, 1.807) is 0 Å². The van der Waals surface area contributed by atoms with Crippen molar-refractivity contribution in [1.82, 2.24) is 5.32 Å². The van der Waals surface area contributed by atoms with Gasteiger partial charge in [0.25, 0.3) is 0 Å². The first-order valence-electron chi connectivity index (χ1n) is 6.38. The Morgan fingerprint density at radius 3 is 2.40 bits per heavy atom. The maximum Gasteiger partial charge on any atom is 0.125 e. The SMILES string of the molecule is CCCCC1(CC)CC1(NC(C)C)OC. The van der Waals surface area contributed by atoms with Crippen molar-refractivity contribution in [3.63, 3.8) is 0 Å². The summed E-state index contributed by atoms with van der Waals surface area (Å²) in [6, 6.07) is 0.500. The molecule has 1 fully saturated rings. The first-order chi connectivity index (χ1) is 7.06. The van der Waals surface area contributed by atoms with Crippen LogP contribution in [0.15, 0.2) is 0 Å². The summed E-state index contributed by atoms with van der Waals surface area (Å²) >= 11 is 0. The number of rotatable bonds is 7. The molecule has 0 bridgehead atoms. The number of nitrogens with one attached hydrogen (secondary N) is 1. The van der Waals surface area contributed by atoms with Crippen LogP contribution in [0, 0.1) is 5.41 Å². The monoisotopic (exact) mass is 213 g/mol. The van der Waals surface area contributed by atoms with E-state index in [1.807, 2.05) is 7.11 Å². The van der Waals surface area contributed by atoms with Crippen LogP contribution in [-0.4, -0.2) is 18.9 Å². The second-order valence-electron chi connectivity index (χ2n) is 5.24. The quantitative estimate of drug-likeness (QED) is 0.655. The van der Waals surface area contributed by atoms with Crippen molar-refractivity contribution in [2.75, 3.05) is 7.11 Å². The van der Waals surface area contributed by atoms with Crippen LogP contribution < -0.4 is 5.32 Å². The molecule has 1 rings (SSSR count). The largest absolute Gasteiger partial charge is 0.363 e. The molecule has 1 aliphatic rings. The van der Waals surface area contributed by atoms with Gasteiger partial charge in [0, 0.05) is 25.0 Å². The van der Waals surface area contributed by atoms with Crippen molar-refractivity contribution >= 4 is 0 Å². The van der Waals surface area contributed by atoms with E-state index in [-0.39, 0.29) is 5.72 Å². The summed E-state index contributed by atoms with van der Waals surface area (Å²) in [6.07, 6.45) is 6.31. The van der Waals surface area contributed by atoms with E-state index in [0.717, 1.165) is 0 Å². The Morgan fingerprint density at radius 2 is 2.00 bits per heavy atom. The summed E-state index contributed by atoms with van der Waals surface area (Å²) in [5, 5.41) is 3.61. The van der Waals surface area contributed by atoms with Crippen molar-refractivity contribution < 1.29 is 4.74 Å². The van der Waals surface area contributed by atoms with E-state index in [1.165, 1.54) is 32.1 Å². The number of unbranched alkanes of at least 4 members (excludes halogenated alkanes) is 1. The Morgan fingerprint density at radius 1 is 1.33 bits per heavy atom. The Hall–Kier alpha value is -0.0800. The summed E-state index contributed by atoms with van der Waals surface area (Å²) in [5.74, 6) is 0. The first-order valence-corrected chi connectivity index (χ1v) is 6.38. The molecule has 0 saturated heterocycles. The third-order valence-electron chi connectivity index (χ3n) is 3.87. The van der Waals surface area contributed by atoms with Crippen LogP contribution in [0.5, 0.6) is 0 Å². The minimum absolute atomic E-state index is 0.0227. The molecule has 0 radical (unpaired) electrons. The van der Waals surface area contributed by atoms with Gasteiger partial charge in [-0.3, -0.25) is 5.32 Å². The van der Waals surface area contributed by atoms with Gasteiger partial charge < -0.3 is 4.74 Å². The summed E-state index contributed by atoms with van der Waals surface area (Å²) in [5.41, 5.74) is 0.382. The standard InChI is InChI=1S/C13H27NO/c1-6-8-9-12(7-2)10-13(12,15-5)14-11(3)4/h11,14H,6-10H2,1-5H3. The summed E-state index contributed by atoms with van der Waals surface area (Å²) in [4.78, 5) is 0. The number of hydrogen-bond acceptors (Lipinski definition) is 2. The normalized spacial score (nSPS) is 34.8. The van der Waals surface area contributed by atoms with E-state index in [9.17, 15) is 0 Å². The van der Waals surface area contributed by atoms with Crippen molar-refractivity contribution in [3.05, 3.63) is 0 Å². The van der Waals surface area contributed by atoms with E-state index < -0.39 is 0 Å². The van der Waals surface area contributed by atoms with Gasteiger partial charge >= 0.3 is 0 Å². The van der Waals surface area contributed by atoms with E-state index in [4.69, 9.17) is 4.74 Å². The molecule has 2 atom stereocenters. The van der Waals surface area contributed by atoms with Crippen LogP contribution in [0.3, 0.4) is 0 Å². The molecule has 90 valence electrons. The van der Waals surface area contributed by atoms with Gasteiger partial charge in [0.1, 0.15) is 5.72 Å². The second kappa shape index (κ2) is 4.84. The van der Waals surface area contributed by atoms with Gasteiger partial charge in [-0.2, -0.15) is 0 Å². The minimum Gasteiger partial charge on any atom is -0.363 e. The Kier molecular flexibility index (Phi) is 4.19. The molecular formula is C13H27NO. The van der Waals surface area contributed by atoms with Gasteiger partial charge in [-0.15, -0.1) is 0 Å². The fourth-order valence-corrected chi connectivity index (χ4v) is 2.84. The van der Waals surface area contributed by atoms with Gasteiger partial charge in [0.2, 0.25) is 0 Å². The smallest absolute Gasteiger partial charge is 0.125 e. The molecule has 1 aliphatic carbocycles. The molecule has 2 nitrogen and oxygen atoms in total. The Balaban J connectivity index is 2.61. The highest BCUT2D eigenvalue weighted by Gasteiger charge is 2.66. The first kappa shape index (κ1) is 13.0. The van der Waals surface area contributed by atoms with Crippen LogP contribution in [0.1, 0.15) is 59.8 Å². The molecule has 0 aromatic carbocycles. The third kappa shape index (κ3) is 2.36. The predicted octanol–water partition coefficient (Wildman–Crippen LogP) is 3.32. The maximum atomic E-state index is 5.75. The second-order valence-corrected chi connectivity index (χ2v) is 5.24. The predicted molar refractivity (Wildman–Crippen MR) is 64.9 cm³/mol. The molecule has 0 aliphatic heterocycles. The third-order valence-corrected chi connectivity index (χ3v) is 3.87. The molecule has 0 spiro atoms. The summed E-state index contributed by atoms with van der Waals surface area (Å²) in [7, 11) is 1.85. The van der Waals surface area contributed by atoms with E-state index >= 15 is 0 Å². The average Bonchev–Trinajstić information content (AvgIpc) is 2.83. The maximum absolute atomic E-state index is 5.75. The summed E-state index contributed by atoms with van der Waals surface area (Å²) in [6.45, 7) is 8.94. The lowest BCUT2D eigenvalue weighted by atomic mass is 9.94. The zero-order valence-corrected chi connectivity index (χ0v) is 11.0. The summed E-state index contributed by atoms with van der Waals surface area (Å²) < 4.78 is 5.75. The highest BCUT2D eigenvalue weighted by Crippen LogP contribution is 2.62. The van der Waals surface area contributed by atoms with E-state index in [0.29, 0.717) is 11.5 Å². The Labute approximate surface area is 94.8 Å². The van der Waals surface area contributed by atoms with Gasteiger partial charge in [-0.1, -0.05) is 26.7 Å². The molecule has 0 aromatic heterocycles. The molecule has 2 unspecified atom stereocenters. The zero-order chi connectivity index (χ0) is 11.5. The minimum atomic E-state index is -0.0227. The molecular weight excluding hydrogens is 186 g/mol. The van der Waals surface area contributed by atoms with Gasteiger partial charge in [-0.05, 0) is 26.7 Å². The number of ether oxygens (including phenoxy) is 1. The zero-order valence-electron chi connectivity index (χ0n) is 11.0. The highest BCUT2D eigenvalue weighted by molar-refractivity contribution is 5.15. The lowest BCUT2D eigenvalue weighted by Crippen LogP contribution is -2.43.